The zero-order valence-corrected chi connectivity index (χ0v) is 10.9. The van der Waals surface area contributed by atoms with Gasteiger partial charge < -0.3 is 10.5 Å². The van der Waals surface area contributed by atoms with Crippen LogP contribution in [0.2, 0.25) is 0 Å². The van der Waals surface area contributed by atoms with E-state index >= 15 is 0 Å². The monoisotopic (exact) mass is 252 g/mol. The molecule has 6 heteroatoms. The Morgan fingerprint density at radius 3 is 2.71 bits per heavy atom. The summed E-state index contributed by atoms with van der Waals surface area (Å²) in [6, 6.07) is -0.00442. The minimum atomic E-state index is -0.248. The van der Waals surface area contributed by atoms with Gasteiger partial charge in [0.15, 0.2) is 5.75 Å². The first-order valence-corrected chi connectivity index (χ1v) is 6.28. The molecule has 0 saturated heterocycles. The van der Waals surface area contributed by atoms with Crippen molar-refractivity contribution >= 4 is 11.3 Å². The van der Waals surface area contributed by atoms with Crippen LogP contribution in [0.3, 0.4) is 0 Å². The van der Waals surface area contributed by atoms with Gasteiger partial charge in [-0.1, -0.05) is 0 Å². The van der Waals surface area contributed by atoms with Gasteiger partial charge in [-0.15, -0.1) is 11.3 Å². The van der Waals surface area contributed by atoms with Crippen LogP contribution in [0.25, 0.3) is 0 Å². The van der Waals surface area contributed by atoms with Gasteiger partial charge in [-0.2, -0.15) is 5.10 Å². The van der Waals surface area contributed by atoms with Crippen LogP contribution in [0.1, 0.15) is 36.5 Å². The molecule has 0 fully saturated rings. The lowest BCUT2D eigenvalue weighted by Gasteiger charge is -2.16. The minimum absolute atomic E-state index is 0.243. The molecule has 0 amide bonds. The van der Waals surface area contributed by atoms with E-state index in [1.54, 1.807) is 25.0 Å². The van der Waals surface area contributed by atoms with Crippen LogP contribution in [-0.4, -0.2) is 21.9 Å². The van der Waals surface area contributed by atoms with Crippen molar-refractivity contribution in [2.75, 3.05) is 7.11 Å². The fraction of sp³-hybridized carbons (Fsp3) is 0.455. The maximum absolute atomic E-state index is 6.25. The molecule has 0 aromatic carbocycles. The van der Waals surface area contributed by atoms with Gasteiger partial charge in [-0.3, -0.25) is 9.67 Å². The molecule has 2 heterocycles. The van der Waals surface area contributed by atoms with E-state index in [9.17, 15) is 0 Å². The predicted octanol–water partition coefficient (Wildman–Crippen LogP) is 1.98. The van der Waals surface area contributed by atoms with E-state index in [0.717, 1.165) is 16.3 Å². The zero-order chi connectivity index (χ0) is 12.4. The van der Waals surface area contributed by atoms with Crippen molar-refractivity contribution in [3.63, 3.8) is 0 Å². The highest BCUT2D eigenvalue weighted by atomic mass is 32.1. The van der Waals surface area contributed by atoms with Crippen molar-refractivity contribution in [2.45, 2.75) is 25.9 Å². The highest BCUT2D eigenvalue weighted by Crippen LogP contribution is 2.31. The Kier molecular flexibility index (Phi) is 3.44. The third kappa shape index (κ3) is 2.18. The maximum Gasteiger partial charge on any atom is 0.161 e. The molecule has 0 aliphatic carbocycles. The Bertz CT molecular complexity index is 478. The molecule has 0 aliphatic heterocycles. The second-order valence-corrected chi connectivity index (χ2v) is 4.94. The molecule has 2 aromatic heterocycles. The highest BCUT2D eigenvalue weighted by Gasteiger charge is 2.22. The summed E-state index contributed by atoms with van der Waals surface area (Å²) in [5, 5.41) is 4.31. The van der Waals surface area contributed by atoms with Crippen LogP contribution in [0.15, 0.2) is 17.9 Å². The second kappa shape index (κ2) is 4.85. The minimum Gasteiger partial charge on any atom is -0.493 e. The van der Waals surface area contributed by atoms with Gasteiger partial charge in [-0.05, 0) is 13.8 Å². The summed E-state index contributed by atoms with van der Waals surface area (Å²) in [4.78, 5) is 5.06. The fourth-order valence-electron chi connectivity index (χ4n) is 1.73. The molecule has 0 bridgehead atoms. The van der Waals surface area contributed by atoms with E-state index in [2.05, 4.69) is 23.9 Å². The third-order valence-corrected chi connectivity index (χ3v) is 3.42. The molecule has 2 aromatic rings. The van der Waals surface area contributed by atoms with E-state index in [-0.39, 0.29) is 12.1 Å². The van der Waals surface area contributed by atoms with Gasteiger partial charge in [0.25, 0.3) is 0 Å². The van der Waals surface area contributed by atoms with Crippen LogP contribution >= 0.6 is 11.3 Å². The summed E-state index contributed by atoms with van der Waals surface area (Å²) in [5.41, 5.74) is 8.92. The molecule has 1 unspecified atom stereocenters. The standard InChI is InChI=1S/C11H16N4OS/c1-7(2)15-11(8(16-3)4-14-15)10(12)9-5-13-6-17-9/h4-7,10H,12H2,1-3H3. The largest absolute Gasteiger partial charge is 0.493 e. The lowest BCUT2D eigenvalue weighted by atomic mass is 10.1. The first kappa shape index (κ1) is 12.1. The van der Waals surface area contributed by atoms with Crippen LogP contribution < -0.4 is 10.5 Å². The normalized spacial score (nSPS) is 13.0. The lowest BCUT2D eigenvalue weighted by Crippen LogP contribution is -2.18. The van der Waals surface area contributed by atoms with Gasteiger partial charge in [0.05, 0.1) is 24.9 Å². The summed E-state index contributed by atoms with van der Waals surface area (Å²) < 4.78 is 7.21. The molecule has 0 aliphatic rings. The van der Waals surface area contributed by atoms with Crippen molar-refractivity contribution in [2.24, 2.45) is 5.73 Å². The van der Waals surface area contributed by atoms with E-state index in [1.165, 1.54) is 11.3 Å². The average molecular weight is 252 g/mol. The van der Waals surface area contributed by atoms with Gasteiger partial charge in [0, 0.05) is 17.1 Å². The SMILES string of the molecule is COc1cnn(C(C)C)c1C(N)c1cncs1. The molecule has 0 radical (unpaired) electrons. The van der Waals surface area contributed by atoms with Crippen LogP contribution in [0, 0.1) is 0 Å². The van der Waals surface area contributed by atoms with E-state index in [1.807, 2.05) is 4.68 Å². The molecule has 1 atom stereocenters. The summed E-state index contributed by atoms with van der Waals surface area (Å²) in [7, 11) is 1.63. The molecule has 92 valence electrons. The smallest absolute Gasteiger partial charge is 0.161 e. The van der Waals surface area contributed by atoms with Gasteiger partial charge in [-0.25, -0.2) is 0 Å². The Hall–Kier alpha value is -1.40. The summed E-state index contributed by atoms with van der Waals surface area (Å²) in [6.45, 7) is 4.13. The lowest BCUT2D eigenvalue weighted by molar-refractivity contribution is 0.401. The van der Waals surface area contributed by atoms with Gasteiger partial charge in [0.2, 0.25) is 0 Å². The van der Waals surface area contributed by atoms with Crippen LogP contribution in [-0.2, 0) is 0 Å². The Morgan fingerprint density at radius 1 is 1.41 bits per heavy atom. The van der Waals surface area contributed by atoms with E-state index in [0.29, 0.717) is 0 Å². The molecule has 0 spiro atoms. The summed E-state index contributed by atoms with van der Waals surface area (Å²) >= 11 is 1.54. The number of hydrogen-bond acceptors (Lipinski definition) is 5. The number of ether oxygens (including phenoxy) is 1. The number of rotatable bonds is 4. The van der Waals surface area contributed by atoms with E-state index < -0.39 is 0 Å². The second-order valence-electron chi connectivity index (χ2n) is 4.02. The highest BCUT2D eigenvalue weighted by molar-refractivity contribution is 7.09. The first-order chi connectivity index (χ1) is 8.15. The third-order valence-electron chi connectivity index (χ3n) is 2.56. The zero-order valence-electron chi connectivity index (χ0n) is 10.1. The molecule has 2 N–H and O–H groups in total. The maximum atomic E-state index is 6.25. The Morgan fingerprint density at radius 2 is 2.18 bits per heavy atom. The average Bonchev–Trinajstić information content (AvgIpc) is 2.96. The van der Waals surface area contributed by atoms with Gasteiger partial charge in [0.1, 0.15) is 5.69 Å². The first-order valence-electron chi connectivity index (χ1n) is 5.40. The molecular formula is C11H16N4OS. The number of nitrogens with two attached hydrogens (primary N) is 1. The van der Waals surface area contributed by atoms with E-state index in [4.69, 9.17) is 10.5 Å². The molecule has 0 saturated carbocycles. The number of hydrogen-bond donors (Lipinski definition) is 1. The number of nitrogens with zero attached hydrogens (tertiary/aromatic N) is 3. The molecule has 5 nitrogen and oxygen atoms in total. The molecular weight excluding hydrogens is 236 g/mol. The summed E-state index contributed by atoms with van der Waals surface area (Å²) in [6.07, 6.45) is 3.49. The quantitative estimate of drug-likeness (QED) is 0.903. The molecule has 17 heavy (non-hydrogen) atoms. The molecule has 2 rings (SSSR count). The van der Waals surface area contributed by atoms with Crippen LogP contribution in [0.5, 0.6) is 5.75 Å². The number of methoxy groups -OCH3 is 1. The Labute approximate surface area is 104 Å². The summed E-state index contributed by atoms with van der Waals surface area (Å²) in [5.74, 6) is 0.722. The Balaban J connectivity index is 2.45. The van der Waals surface area contributed by atoms with Crippen molar-refractivity contribution in [3.8, 4) is 5.75 Å². The van der Waals surface area contributed by atoms with Crippen molar-refractivity contribution in [1.29, 1.82) is 0 Å². The number of thiazole rings is 1. The predicted molar refractivity (Wildman–Crippen MR) is 67.3 cm³/mol. The van der Waals surface area contributed by atoms with Crippen molar-refractivity contribution in [3.05, 3.63) is 28.5 Å². The van der Waals surface area contributed by atoms with Crippen molar-refractivity contribution < 1.29 is 4.74 Å². The topological polar surface area (TPSA) is 66.0 Å². The van der Waals surface area contributed by atoms with Gasteiger partial charge >= 0.3 is 0 Å². The number of aromatic nitrogens is 3. The van der Waals surface area contributed by atoms with Crippen LogP contribution in [0.4, 0.5) is 0 Å². The fourth-order valence-corrected chi connectivity index (χ4v) is 2.36. The van der Waals surface area contributed by atoms with Crippen molar-refractivity contribution in [1.82, 2.24) is 14.8 Å².